The monoisotopic (exact) mass is 497 g/mol. The molecule has 0 spiro atoms. The van der Waals surface area contributed by atoms with Gasteiger partial charge in [0.25, 0.3) is 11.8 Å². The van der Waals surface area contributed by atoms with Crippen molar-refractivity contribution in [1.29, 1.82) is 0 Å². The summed E-state index contributed by atoms with van der Waals surface area (Å²) in [5.41, 5.74) is 4.34. The number of carbonyl (C=O) groups excluding carboxylic acids is 2. The van der Waals surface area contributed by atoms with Crippen molar-refractivity contribution >= 4 is 17.5 Å². The third-order valence-corrected chi connectivity index (χ3v) is 6.39. The maximum absolute atomic E-state index is 13.2. The number of nitrogens with zero attached hydrogens (tertiary/aromatic N) is 1. The number of benzene rings is 5. The van der Waals surface area contributed by atoms with Crippen LogP contribution < -0.4 is 14.4 Å². The Hall–Kier alpha value is -5.16. The van der Waals surface area contributed by atoms with Crippen molar-refractivity contribution in [2.45, 2.75) is 6.92 Å². The van der Waals surface area contributed by atoms with E-state index in [1.54, 1.807) is 36.4 Å². The second-order valence-corrected chi connectivity index (χ2v) is 9.06. The lowest BCUT2D eigenvalue weighted by molar-refractivity contribution is 0.0926. The lowest BCUT2D eigenvalue weighted by Gasteiger charge is -2.15. The number of ether oxygens (including phenoxy) is 2. The summed E-state index contributed by atoms with van der Waals surface area (Å²) in [5.74, 6) is 1.91. The Balaban J connectivity index is 1.18. The van der Waals surface area contributed by atoms with E-state index >= 15 is 0 Å². The third-order valence-electron chi connectivity index (χ3n) is 6.39. The van der Waals surface area contributed by atoms with Gasteiger partial charge in [0.1, 0.15) is 23.0 Å². The van der Waals surface area contributed by atoms with E-state index in [9.17, 15) is 9.59 Å². The van der Waals surface area contributed by atoms with Gasteiger partial charge in [0.15, 0.2) is 0 Å². The van der Waals surface area contributed by atoms with Crippen molar-refractivity contribution in [3.63, 3.8) is 0 Å². The minimum absolute atomic E-state index is 0.334. The SMILES string of the molecule is Cc1ccc(Oc2cccc(Oc3ccc(N4C(=O)c5ccc(-c6ccccc6)cc5C4=O)cc3)c2)cc1. The zero-order chi connectivity index (χ0) is 26.1. The van der Waals surface area contributed by atoms with Gasteiger partial charge in [-0.05, 0) is 78.7 Å². The van der Waals surface area contributed by atoms with Crippen LogP contribution in [0.2, 0.25) is 0 Å². The van der Waals surface area contributed by atoms with Gasteiger partial charge in [0.05, 0.1) is 16.8 Å². The molecular formula is C33H23NO4. The molecule has 0 bridgehead atoms. The van der Waals surface area contributed by atoms with E-state index in [4.69, 9.17) is 9.47 Å². The van der Waals surface area contributed by atoms with Crippen LogP contribution in [0.25, 0.3) is 11.1 Å². The number of fused-ring (bicyclic) bond motifs is 1. The Morgan fingerprint density at radius 2 is 1.11 bits per heavy atom. The van der Waals surface area contributed by atoms with E-state index in [-0.39, 0.29) is 11.8 Å². The maximum Gasteiger partial charge on any atom is 0.266 e. The standard InChI is InChI=1S/C33H23NO4/c1-22-10-15-26(16-11-22)37-28-8-5-9-29(21-28)38-27-17-13-25(14-18-27)34-32(35)30-19-12-24(20-31(30)33(34)36)23-6-3-2-4-7-23/h2-21H,1H3. The third kappa shape index (κ3) is 4.53. The van der Waals surface area contributed by atoms with E-state index in [2.05, 4.69) is 0 Å². The zero-order valence-corrected chi connectivity index (χ0v) is 20.6. The first-order valence-electron chi connectivity index (χ1n) is 12.3. The predicted molar refractivity (Wildman–Crippen MR) is 147 cm³/mol. The van der Waals surface area contributed by atoms with Crippen LogP contribution >= 0.6 is 0 Å². The van der Waals surface area contributed by atoms with E-state index in [0.717, 1.165) is 22.4 Å². The van der Waals surface area contributed by atoms with Crippen molar-refractivity contribution < 1.29 is 19.1 Å². The average molecular weight is 498 g/mol. The van der Waals surface area contributed by atoms with Crippen LogP contribution in [-0.4, -0.2) is 11.8 Å². The highest BCUT2D eigenvalue weighted by Crippen LogP contribution is 2.34. The smallest absolute Gasteiger partial charge is 0.266 e. The molecule has 0 saturated heterocycles. The molecule has 5 aromatic rings. The molecule has 0 unspecified atom stereocenters. The Morgan fingerprint density at radius 3 is 1.76 bits per heavy atom. The van der Waals surface area contributed by atoms with Gasteiger partial charge in [-0.2, -0.15) is 0 Å². The first-order chi connectivity index (χ1) is 18.5. The van der Waals surface area contributed by atoms with E-state index in [1.165, 1.54) is 4.90 Å². The molecule has 1 aliphatic rings. The Kier molecular flexibility index (Phi) is 5.94. The summed E-state index contributed by atoms with van der Waals surface area (Å²) in [6, 6.07) is 37.2. The number of imide groups is 1. The fraction of sp³-hybridized carbons (Fsp3) is 0.0303. The number of carbonyl (C=O) groups is 2. The second kappa shape index (κ2) is 9.71. The molecule has 38 heavy (non-hydrogen) atoms. The molecule has 0 aliphatic carbocycles. The van der Waals surface area contributed by atoms with Gasteiger partial charge in [-0.15, -0.1) is 0 Å². The van der Waals surface area contributed by atoms with Crippen LogP contribution in [0.4, 0.5) is 5.69 Å². The molecule has 184 valence electrons. The topological polar surface area (TPSA) is 55.8 Å². The molecule has 1 heterocycles. The molecule has 0 N–H and O–H groups in total. The van der Waals surface area contributed by atoms with Crippen molar-refractivity contribution in [1.82, 2.24) is 0 Å². The number of aryl methyl sites for hydroxylation is 1. The maximum atomic E-state index is 13.2. The number of hydrogen-bond acceptors (Lipinski definition) is 4. The fourth-order valence-electron chi connectivity index (χ4n) is 4.43. The molecule has 0 aromatic heterocycles. The zero-order valence-electron chi connectivity index (χ0n) is 20.6. The summed E-state index contributed by atoms with van der Waals surface area (Å²) < 4.78 is 11.9. The van der Waals surface area contributed by atoms with E-state index in [0.29, 0.717) is 34.1 Å². The molecule has 5 nitrogen and oxygen atoms in total. The van der Waals surface area contributed by atoms with Crippen LogP contribution in [0.5, 0.6) is 23.0 Å². The van der Waals surface area contributed by atoms with Gasteiger partial charge in [-0.25, -0.2) is 4.90 Å². The van der Waals surface area contributed by atoms with Gasteiger partial charge in [0, 0.05) is 6.07 Å². The van der Waals surface area contributed by atoms with Crippen molar-refractivity contribution in [3.05, 3.63) is 138 Å². The summed E-state index contributed by atoms with van der Waals surface area (Å²) in [6.45, 7) is 2.03. The molecule has 0 atom stereocenters. The Bertz CT molecular complexity index is 1640. The molecule has 5 aromatic carbocycles. The highest BCUT2D eigenvalue weighted by molar-refractivity contribution is 6.34. The number of anilines is 1. The van der Waals surface area contributed by atoms with E-state index < -0.39 is 0 Å². The summed E-state index contributed by atoms with van der Waals surface area (Å²) in [7, 11) is 0. The highest BCUT2D eigenvalue weighted by Gasteiger charge is 2.36. The fourth-order valence-corrected chi connectivity index (χ4v) is 4.43. The highest BCUT2D eigenvalue weighted by atomic mass is 16.5. The lowest BCUT2D eigenvalue weighted by Crippen LogP contribution is -2.29. The van der Waals surface area contributed by atoms with Crippen LogP contribution in [0.15, 0.2) is 121 Å². The largest absolute Gasteiger partial charge is 0.457 e. The van der Waals surface area contributed by atoms with Crippen LogP contribution in [0, 0.1) is 6.92 Å². The predicted octanol–water partition coefficient (Wildman–Crippen LogP) is 8.05. The van der Waals surface area contributed by atoms with Gasteiger partial charge in [-0.1, -0.05) is 60.2 Å². The van der Waals surface area contributed by atoms with Crippen LogP contribution in [0.1, 0.15) is 26.3 Å². The van der Waals surface area contributed by atoms with Gasteiger partial charge >= 0.3 is 0 Å². The van der Waals surface area contributed by atoms with E-state index in [1.807, 2.05) is 91.9 Å². The van der Waals surface area contributed by atoms with Crippen LogP contribution in [-0.2, 0) is 0 Å². The Morgan fingerprint density at radius 1 is 0.500 bits per heavy atom. The number of amides is 2. The van der Waals surface area contributed by atoms with Crippen molar-refractivity contribution in [2.24, 2.45) is 0 Å². The van der Waals surface area contributed by atoms with Crippen molar-refractivity contribution in [2.75, 3.05) is 4.90 Å². The lowest BCUT2D eigenvalue weighted by atomic mass is 10.0. The van der Waals surface area contributed by atoms with Gasteiger partial charge in [-0.3, -0.25) is 9.59 Å². The first kappa shape index (κ1) is 23.3. The molecule has 5 heteroatoms. The van der Waals surface area contributed by atoms with Crippen molar-refractivity contribution in [3.8, 4) is 34.1 Å². The molecule has 0 fully saturated rings. The van der Waals surface area contributed by atoms with Gasteiger partial charge in [0.2, 0.25) is 0 Å². The minimum Gasteiger partial charge on any atom is -0.457 e. The summed E-state index contributed by atoms with van der Waals surface area (Å²) >= 11 is 0. The minimum atomic E-state index is -0.336. The first-order valence-corrected chi connectivity index (χ1v) is 12.3. The quantitative estimate of drug-likeness (QED) is 0.223. The normalized spacial score (nSPS) is 12.4. The Labute approximate surface area is 220 Å². The molecule has 0 radical (unpaired) electrons. The molecule has 2 amide bonds. The molecule has 6 rings (SSSR count). The molecular weight excluding hydrogens is 474 g/mol. The molecule has 1 aliphatic heterocycles. The summed E-state index contributed by atoms with van der Waals surface area (Å²) in [5, 5.41) is 0. The second-order valence-electron chi connectivity index (χ2n) is 9.06. The number of rotatable bonds is 6. The molecule has 0 saturated carbocycles. The summed E-state index contributed by atoms with van der Waals surface area (Å²) in [4.78, 5) is 27.5. The van der Waals surface area contributed by atoms with Crippen LogP contribution in [0.3, 0.4) is 0 Å². The summed E-state index contributed by atoms with van der Waals surface area (Å²) in [6.07, 6.45) is 0. The van der Waals surface area contributed by atoms with Gasteiger partial charge < -0.3 is 9.47 Å². The number of hydrogen-bond donors (Lipinski definition) is 0. The average Bonchev–Trinajstić information content (AvgIpc) is 3.20.